The van der Waals surface area contributed by atoms with Crippen molar-refractivity contribution in [1.29, 1.82) is 0 Å². The van der Waals surface area contributed by atoms with E-state index in [1.54, 1.807) is 12.1 Å². The number of nitrogens with one attached hydrogen (secondary N) is 2. The zero-order chi connectivity index (χ0) is 24.8. The quantitative estimate of drug-likeness (QED) is 0.565. The highest BCUT2D eigenvalue weighted by Gasteiger charge is 2.79. The highest BCUT2D eigenvalue weighted by Crippen LogP contribution is 2.65. The lowest BCUT2D eigenvalue weighted by molar-refractivity contribution is -0.146. The number of anilines is 1. The molecule has 3 amide bonds. The summed E-state index contributed by atoms with van der Waals surface area (Å²) < 4.78 is 6.62. The van der Waals surface area contributed by atoms with E-state index in [9.17, 15) is 19.5 Å². The SMILES string of the molecule is CC1CC23O[C@@]1(C)[C@H](C(=O)Nc1ccccc1)[C@H]2C(=O)N(CCO)C3C(=O)NCc1ccccc1. The first-order chi connectivity index (χ1) is 16.8. The second kappa shape index (κ2) is 8.77. The molecule has 3 N–H and O–H groups in total. The van der Waals surface area contributed by atoms with Crippen LogP contribution in [-0.4, -0.2) is 58.1 Å². The monoisotopic (exact) mass is 477 g/mol. The number of para-hydroxylation sites is 1. The molecule has 2 aromatic carbocycles. The van der Waals surface area contributed by atoms with Crippen molar-refractivity contribution in [3.63, 3.8) is 0 Å². The van der Waals surface area contributed by atoms with Gasteiger partial charge in [0.2, 0.25) is 17.7 Å². The maximum atomic E-state index is 13.7. The highest BCUT2D eigenvalue weighted by molar-refractivity contribution is 6.02. The van der Waals surface area contributed by atoms with Gasteiger partial charge in [-0.3, -0.25) is 14.4 Å². The van der Waals surface area contributed by atoms with Crippen LogP contribution in [-0.2, 0) is 25.7 Å². The first kappa shape index (κ1) is 23.5. The van der Waals surface area contributed by atoms with Gasteiger partial charge in [-0.15, -0.1) is 0 Å². The third-order valence-electron chi connectivity index (χ3n) is 8.04. The molecule has 0 saturated carbocycles. The molecule has 2 aromatic rings. The van der Waals surface area contributed by atoms with Crippen LogP contribution in [0.5, 0.6) is 0 Å². The minimum Gasteiger partial charge on any atom is -0.395 e. The van der Waals surface area contributed by atoms with Gasteiger partial charge in [-0.1, -0.05) is 55.5 Å². The van der Waals surface area contributed by atoms with E-state index >= 15 is 0 Å². The predicted molar refractivity (Wildman–Crippen MR) is 129 cm³/mol. The molecule has 6 atom stereocenters. The van der Waals surface area contributed by atoms with Crippen molar-refractivity contribution in [2.24, 2.45) is 17.8 Å². The lowest BCUT2D eigenvalue weighted by Crippen LogP contribution is -2.55. The molecule has 0 aliphatic carbocycles. The van der Waals surface area contributed by atoms with Gasteiger partial charge in [0.05, 0.1) is 24.0 Å². The van der Waals surface area contributed by atoms with Gasteiger partial charge in [0, 0.05) is 18.8 Å². The van der Waals surface area contributed by atoms with Gasteiger partial charge in [-0.05, 0) is 37.0 Å². The molecule has 3 aliphatic heterocycles. The van der Waals surface area contributed by atoms with E-state index < -0.39 is 29.1 Å². The first-order valence-corrected chi connectivity index (χ1v) is 12.1. The molecule has 0 radical (unpaired) electrons. The number of carbonyl (C=O) groups excluding carboxylic acids is 3. The second-order valence-corrected chi connectivity index (χ2v) is 10.0. The van der Waals surface area contributed by atoms with Gasteiger partial charge in [0.25, 0.3) is 0 Å². The average Bonchev–Trinajstić information content (AvgIpc) is 3.36. The van der Waals surface area contributed by atoms with Crippen LogP contribution >= 0.6 is 0 Å². The minimum atomic E-state index is -1.13. The summed E-state index contributed by atoms with van der Waals surface area (Å²) in [6.45, 7) is 3.91. The number of aliphatic hydroxyl groups is 1. The Morgan fingerprint density at radius 1 is 1.09 bits per heavy atom. The maximum Gasteiger partial charge on any atom is 0.246 e. The lowest BCUT2D eigenvalue weighted by atomic mass is 9.62. The zero-order valence-electron chi connectivity index (χ0n) is 19.9. The molecule has 3 aliphatic rings. The number of hydrogen-bond acceptors (Lipinski definition) is 5. The highest BCUT2D eigenvalue weighted by atomic mass is 16.5. The molecule has 8 heteroatoms. The predicted octanol–water partition coefficient (Wildman–Crippen LogP) is 1.94. The maximum absolute atomic E-state index is 13.7. The van der Waals surface area contributed by atoms with Crippen molar-refractivity contribution in [3.05, 3.63) is 66.2 Å². The van der Waals surface area contributed by atoms with Crippen LogP contribution in [0.25, 0.3) is 0 Å². The van der Waals surface area contributed by atoms with Crippen LogP contribution in [0.3, 0.4) is 0 Å². The number of β-amino-alcohol motifs (C(OH)–C–C–N with tert-alkyl or cyclic N) is 1. The summed E-state index contributed by atoms with van der Waals surface area (Å²) in [5.74, 6) is -2.55. The second-order valence-electron chi connectivity index (χ2n) is 10.0. The molecule has 2 bridgehead atoms. The molecule has 3 heterocycles. The number of ether oxygens (including phenoxy) is 1. The molecule has 3 saturated heterocycles. The molecule has 3 unspecified atom stereocenters. The zero-order valence-corrected chi connectivity index (χ0v) is 19.9. The molecule has 0 aromatic heterocycles. The molecular formula is C27H31N3O5. The van der Waals surface area contributed by atoms with Gasteiger partial charge in [0.1, 0.15) is 11.6 Å². The Morgan fingerprint density at radius 3 is 2.40 bits per heavy atom. The Bertz CT molecular complexity index is 1130. The molecule has 184 valence electrons. The van der Waals surface area contributed by atoms with Gasteiger partial charge in [-0.2, -0.15) is 0 Å². The third-order valence-corrected chi connectivity index (χ3v) is 8.04. The number of aliphatic hydroxyl groups excluding tert-OH is 1. The fourth-order valence-electron chi connectivity index (χ4n) is 6.41. The molecule has 5 rings (SSSR count). The Kier molecular flexibility index (Phi) is 5.89. The molecular weight excluding hydrogens is 446 g/mol. The molecule has 1 spiro atoms. The van der Waals surface area contributed by atoms with Gasteiger partial charge >= 0.3 is 0 Å². The summed E-state index contributed by atoms with van der Waals surface area (Å²) in [6.07, 6.45) is 0.486. The lowest BCUT2D eigenvalue weighted by Gasteiger charge is -2.36. The van der Waals surface area contributed by atoms with Gasteiger partial charge in [0.15, 0.2) is 0 Å². The molecule has 8 nitrogen and oxygen atoms in total. The van der Waals surface area contributed by atoms with E-state index in [1.807, 2.05) is 62.4 Å². The number of fused-ring (bicyclic) bond motifs is 1. The fraction of sp³-hybridized carbons (Fsp3) is 0.444. The summed E-state index contributed by atoms with van der Waals surface area (Å²) in [5, 5.41) is 15.6. The molecule has 35 heavy (non-hydrogen) atoms. The summed E-state index contributed by atoms with van der Waals surface area (Å²) in [5.41, 5.74) is -0.437. The van der Waals surface area contributed by atoms with Crippen molar-refractivity contribution in [2.45, 2.75) is 44.1 Å². The Morgan fingerprint density at radius 2 is 1.74 bits per heavy atom. The Hall–Kier alpha value is -3.23. The smallest absolute Gasteiger partial charge is 0.246 e. The van der Waals surface area contributed by atoms with Gasteiger partial charge < -0.3 is 25.4 Å². The number of carbonyl (C=O) groups is 3. The number of benzene rings is 2. The van der Waals surface area contributed by atoms with Crippen LogP contribution in [0.15, 0.2) is 60.7 Å². The van der Waals surface area contributed by atoms with E-state index in [-0.39, 0.29) is 36.8 Å². The van der Waals surface area contributed by atoms with Crippen LogP contribution in [0, 0.1) is 17.8 Å². The number of likely N-dealkylation sites (tertiary alicyclic amines) is 1. The van der Waals surface area contributed by atoms with Crippen molar-refractivity contribution < 1.29 is 24.2 Å². The van der Waals surface area contributed by atoms with Crippen LogP contribution < -0.4 is 10.6 Å². The number of rotatable bonds is 7. The Balaban J connectivity index is 1.48. The minimum absolute atomic E-state index is 0.00197. The van der Waals surface area contributed by atoms with E-state index in [1.165, 1.54) is 4.90 Å². The number of amides is 3. The van der Waals surface area contributed by atoms with Gasteiger partial charge in [-0.25, -0.2) is 0 Å². The largest absolute Gasteiger partial charge is 0.395 e. The van der Waals surface area contributed by atoms with Crippen molar-refractivity contribution in [2.75, 3.05) is 18.5 Å². The van der Waals surface area contributed by atoms with Crippen molar-refractivity contribution in [1.82, 2.24) is 10.2 Å². The van der Waals surface area contributed by atoms with Crippen molar-refractivity contribution in [3.8, 4) is 0 Å². The van der Waals surface area contributed by atoms with E-state index in [2.05, 4.69) is 10.6 Å². The van der Waals surface area contributed by atoms with Crippen molar-refractivity contribution >= 4 is 23.4 Å². The average molecular weight is 478 g/mol. The normalized spacial score (nSPS) is 33.0. The molecule has 3 fully saturated rings. The third kappa shape index (κ3) is 3.63. The fourth-order valence-corrected chi connectivity index (χ4v) is 6.41. The topological polar surface area (TPSA) is 108 Å². The van der Waals surface area contributed by atoms with E-state index in [0.29, 0.717) is 18.7 Å². The number of hydrogen-bond donors (Lipinski definition) is 3. The standard InChI is InChI=1S/C27H31N3O5/c1-17-15-27-21(20(26(17,2)35-27)23(32)29-19-11-7-4-8-12-19)25(34)30(13-14-31)22(27)24(33)28-16-18-9-5-3-6-10-18/h3-12,17,20-22,31H,13-16H2,1-2H3,(H,28,33)(H,29,32)/t17?,20-,21-,22?,26+,27?/m0/s1. The van der Waals surface area contributed by atoms with Crippen LogP contribution in [0.4, 0.5) is 5.69 Å². The first-order valence-electron chi connectivity index (χ1n) is 12.1. The number of nitrogens with zero attached hydrogens (tertiary/aromatic N) is 1. The van der Waals surface area contributed by atoms with Crippen LogP contribution in [0.2, 0.25) is 0 Å². The summed E-state index contributed by atoms with van der Waals surface area (Å²) >= 11 is 0. The summed E-state index contributed by atoms with van der Waals surface area (Å²) in [7, 11) is 0. The van der Waals surface area contributed by atoms with Crippen LogP contribution in [0.1, 0.15) is 25.8 Å². The Labute approximate surface area is 204 Å². The summed E-state index contributed by atoms with van der Waals surface area (Å²) in [6, 6.07) is 17.7. The van der Waals surface area contributed by atoms with E-state index in [0.717, 1.165) is 5.56 Å². The summed E-state index contributed by atoms with van der Waals surface area (Å²) in [4.78, 5) is 42.3. The van der Waals surface area contributed by atoms with E-state index in [4.69, 9.17) is 4.74 Å².